The Morgan fingerprint density at radius 1 is 0.692 bits per heavy atom. The summed E-state index contributed by atoms with van der Waals surface area (Å²) < 4.78 is 1.68. The Balaban J connectivity index is 0.000000357. The standard InChI is InChI=1S/2C9H7.C5H10.2ClH.Zr/c2*1-2-5-9-7-3-6-8(9)4-1;1-3-5-4-2;;;/h2*1-7H;3-4H2,1-2H3;2*1H;/q2*-1;;;;+2/p-2. The van der Waals surface area contributed by atoms with Gasteiger partial charge in [0.1, 0.15) is 0 Å². The molecule has 0 saturated heterocycles. The first-order chi connectivity index (χ1) is 11.7. The summed E-state index contributed by atoms with van der Waals surface area (Å²) in [5, 5.41) is 5.32. The third-order valence-corrected chi connectivity index (χ3v) is 5.69. The van der Waals surface area contributed by atoms with Gasteiger partial charge < -0.3 is 24.8 Å². The maximum absolute atomic E-state index is 2.22. The average molecular weight is 463 g/mol. The molecule has 0 aliphatic carbocycles. The fourth-order valence-corrected chi connectivity index (χ4v) is 2.39. The second-order valence-corrected chi connectivity index (χ2v) is 7.36. The van der Waals surface area contributed by atoms with Gasteiger partial charge in [0.2, 0.25) is 0 Å². The molecule has 0 atom stereocenters. The van der Waals surface area contributed by atoms with Crippen molar-refractivity contribution >= 4 is 24.8 Å². The quantitative estimate of drug-likeness (QED) is 0.384. The van der Waals surface area contributed by atoms with Crippen molar-refractivity contribution in [2.24, 2.45) is 0 Å². The van der Waals surface area contributed by atoms with Gasteiger partial charge in [-0.3, -0.25) is 0 Å². The Morgan fingerprint density at radius 2 is 1.08 bits per heavy atom. The Bertz CT molecular complexity index is 741. The Kier molecular flexibility index (Phi) is 13.6. The van der Waals surface area contributed by atoms with Crippen molar-refractivity contribution in [3.63, 3.8) is 0 Å². The van der Waals surface area contributed by atoms with Crippen LogP contribution in [-0.2, 0) is 24.2 Å². The molecule has 4 rings (SSSR count). The molecule has 0 unspecified atom stereocenters. The van der Waals surface area contributed by atoms with E-state index in [9.17, 15) is 0 Å². The van der Waals surface area contributed by atoms with Crippen molar-refractivity contribution in [3.05, 3.63) is 84.9 Å². The molecular weight excluding hydrogens is 438 g/mol. The molecule has 0 heterocycles. The van der Waals surface area contributed by atoms with Crippen molar-refractivity contribution in [3.8, 4) is 0 Å². The van der Waals surface area contributed by atoms with Crippen LogP contribution < -0.4 is 24.8 Å². The number of hydrogen-bond acceptors (Lipinski definition) is 0. The van der Waals surface area contributed by atoms with Gasteiger partial charge in [-0.25, -0.2) is 0 Å². The second kappa shape index (κ2) is 14.1. The first-order valence-electron chi connectivity index (χ1n) is 8.51. The molecule has 136 valence electrons. The predicted molar refractivity (Wildman–Crippen MR) is 105 cm³/mol. The summed E-state index contributed by atoms with van der Waals surface area (Å²) in [6.07, 6.45) is 2.57. The summed E-state index contributed by atoms with van der Waals surface area (Å²) in [7, 11) is 0. The number of halogens is 2. The largest absolute Gasteiger partial charge is 1.00 e. The van der Waals surface area contributed by atoms with Crippen molar-refractivity contribution in [1.29, 1.82) is 0 Å². The summed E-state index contributed by atoms with van der Waals surface area (Å²) in [6, 6.07) is 29.3. The normalized spacial score (nSPS) is 9.08. The number of benzene rings is 2. The van der Waals surface area contributed by atoms with Crippen LogP contribution in [0.25, 0.3) is 21.5 Å². The first-order valence-corrected chi connectivity index (χ1v) is 9.74. The van der Waals surface area contributed by atoms with Crippen LogP contribution in [0, 0.1) is 0 Å². The predicted octanol–water partition coefficient (Wildman–Crippen LogP) is 0.651. The van der Waals surface area contributed by atoms with E-state index < -0.39 is 0 Å². The summed E-state index contributed by atoms with van der Waals surface area (Å²) in [5.74, 6) is 0. The molecule has 0 aliphatic heterocycles. The van der Waals surface area contributed by atoms with E-state index >= 15 is 0 Å². The molecule has 0 aromatic heterocycles. The van der Waals surface area contributed by atoms with Crippen LogP contribution in [0.1, 0.15) is 26.7 Å². The monoisotopic (exact) mass is 460 g/mol. The van der Waals surface area contributed by atoms with E-state index in [1.807, 2.05) is 0 Å². The smallest absolute Gasteiger partial charge is 0.0809 e. The summed E-state index contributed by atoms with van der Waals surface area (Å²) in [5.41, 5.74) is 0. The van der Waals surface area contributed by atoms with E-state index in [0.717, 1.165) is 0 Å². The van der Waals surface area contributed by atoms with Crippen molar-refractivity contribution < 1.29 is 49.0 Å². The molecule has 4 aromatic carbocycles. The Hall–Kier alpha value is -1.01. The molecule has 0 saturated carbocycles. The minimum Gasteiger partial charge on any atom is -1.00 e. The molecule has 0 amide bonds. The molecule has 26 heavy (non-hydrogen) atoms. The second-order valence-electron chi connectivity index (χ2n) is 5.62. The molecule has 0 radical (unpaired) electrons. The van der Waals surface area contributed by atoms with E-state index in [0.29, 0.717) is 0 Å². The van der Waals surface area contributed by atoms with Gasteiger partial charge in [0.15, 0.2) is 0 Å². The van der Waals surface area contributed by atoms with Gasteiger partial charge in [-0.2, -0.15) is 35.0 Å². The van der Waals surface area contributed by atoms with Gasteiger partial charge in [-0.1, -0.05) is 12.1 Å². The van der Waals surface area contributed by atoms with Crippen LogP contribution >= 0.6 is 0 Å². The zero-order valence-electron chi connectivity index (χ0n) is 15.3. The molecule has 3 heteroatoms. The van der Waals surface area contributed by atoms with Crippen LogP contribution in [-0.4, -0.2) is 3.21 Å². The van der Waals surface area contributed by atoms with Gasteiger partial charge in [-0.15, -0.1) is 59.3 Å². The van der Waals surface area contributed by atoms with Crippen LogP contribution in [0.2, 0.25) is 0 Å². The van der Waals surface area contributed by atoms with E-state index in [1.54, 1.807) is 27.4 Å². The number of rotatable bonds is 2. The molecule has 0 nitrogen and oxygen atoms in total. The van der Waals surface area contributed by atoms with Gasteiger partial charge in [-0.05, 0) is 0 Å². The minimum absolute atomic E-state index is 0. The van der Waals surface area contributed by atoms with Crippen LogP contribution in [0.4, 0.5) is 0 Å². The molecule has 0 aliphatic rings. The number of hydrogen-bond donors (Lipinski definition) is 0. The van der Waals surface area contributed by atoms with Gasteiger partial charge in [0.25, 0.3) is 0 Å². The third-order valence-electron chi connectivity index (χ3n) is 3.95. The SMILES string of the molecule is CC[C](=[Zr+2])CC.[Cl-].[Cl-].c1ccc2[cH-]ccc2c1.c1ccc2[cH-]ccc2c1. The molecular formula is C23H24Cl2Zr-2. The van der Waals surface area contributed by atoms with E-state index in [4.69, 9.17) is 0 Å². The van der Waals surface area contributed by atoms with Crippen molar-refractivity contribution in [1.82, 2.24) is 0 Å². The third kappa shape index (κ3) is 8.13. The van der Waals surface area contributed by atoms with E-state index in [1.165, 1.54) is 34.4 Å². The average Bonchev–Trinajstić information content (AvgIpc) is 3.30. The summed E-state index contributed by atoms with van der Waals surface area (Å²) in [4.78, 5) is 0. The fourth-order valence-electron chi connectivity index (χ4n) is 2.39. The molecule has 0 bridgehead atoms. The maximum atomic E-state index is 2.22. The van der Waals surface area contributed by atoms with Crippen LogP contribution in [0.15, 0.2) is 84.9 Å². The summed E-state index contributed by atoms with van der Waals surface area (Å²) >= 11 is 1.62. The molecule has 0 spiro atoms. The number of fused-ring (bicyclic) bond motifs is 2. The van der Waals surface area contributed by atoms with Crippen LogP contribution in [0.3, 0.4) is 0 Å². The first kappa shape index (κ1) is 25.0. The van der Waals surface area contributed by atoms with Gasteiger partial charge >= 0.3 is 54.1 Å². The fraction of sp³-hybridized carbons (Fsp3) is 0.174. The zero-order valence-corrected chi connectivity index (χ0v) is 19.2. The van der Waals surface area contributed by atoms with E-state index in [-0.39, 0.29) is 24.8 Å². The van der Waals surface area contributed by atoms with Crippen molar-refractivity contribution in [2.75, 3.05) is 0 Å². The summed E-state index contributed by atoms with van der Waals surface area (Å²) in [6.45, 7) is 4.43. The minimum atomic E-state index is 0. The molecule has 0 fully saturated rings. The Labute approximate surface area is 184 Å². The maximum Gasteiger partial charge on any atom is -0.0809 e. The zero-order chi connectivity index (χ0) is 17.2. The molecule has 0 N–H and O–H groups in total. The molecule has 4 aromatic rings. The van der Waals surface area contributed by atoms with Crippen LogP contribution in [0.5, 0.6) is 0 Å². The van der Waals surface area contributed by atoms with Crippen molar-refractivity contribution in [2.45, 2.75) is 26.7 Å². The van der Waals surface area contributed by atoms with Gasteiger partial charge in [0, 0.05) is 0 Å². The van der Waals surface area contributed by atoms with E-state index in [2.05, 4.69) is 98.8 Å². The topological polar surface area (TPSA) is 0 Å². The Morgan fingerprint density at radius 3 is 1.38 bits per heavy atom. The van der Waals surface area contributed by atoms with Gasteiger partial charge in [0.05, 0.1) is 0 Å².